The first-order chi connectivity index (χ1) is 13.2. The summed E-state index contributed by atoms with van der Waals surface area (Å²) in [7, 11) is 3.60. The van der Waals surface area contributed by atoms with Crippen molar-refractivity contribution in [3.8, 4) is 5.75 Å². The van der Waals surface area contributed by atoms with Crippen molar-refractivity contribution in [2.75, 3.05) is 20.7 Å². The van der Waals surface area contributed by atoms with Crippen LogP contribution < -0.4 is 10.1 Å². The predicted octanol–water partition coefficient (Wildman–Crippen LogP) is 4.09. The molecule has 140 valence electrons. The maximum atomic E-state index is 12.7. The summed E-state index contributed by atoms with van der Waals surface area (Å²) >= 11 is 1.65. The van der Waals surface area contributed by atoms with Gasteiger partial charge in [0.25, 0.3) is 0 Å². The topological polar surface area (TPSA) is 41.6 Å². The zero-order valence-electron chi connectivity index (χ0n) is 15.6. The van der Waals surface area contributed by atoms with E-state index < -0.39 is 0 Å². The van der Waals surface area contributed by atoms with Crippen LogP contribution in [0.25, 0.3) is 0 Å². The van der Waals surface area contributed by atoms with Gasteiger partial charge >= 0.3 is 0 Å². The van der Waals surface area contributed by atoms with Gasteiger partial charge in [0.2, 0.25) is 5.91 Å². The van der Waals surface area contributed by atoms with Gasteiger partial charge in [-0.05, 0) is 41.8 Å². The molecule has 27 heavy (non-hydrogen) atoms. The third-order valence-corrected chi connectivity index (χ3v) is 5.20. The van der Waals surface area contributed by atoms with Crippen molar-refractivity contribution in [2.24, 2.45) is 0 Å². The Bertz CT molecular complexity index is 850. The monoisotopic (exact) mass is 380 g/mol. The van der Waals surface area contributed by atoms with E-state index >= 15 is 0 Å². The van der Waals surface area contributed by atoms with E-state index in [0.717, 1.165) is 21.8 Å². The molecule has 3 rings (SSSR count). The molecule has 1 aromatic heterocycles. The number of methoxy groups -OCH3 is 1. The van der Waals surface area contributed by atoms with Crippen molar-refractivity contribution in [3.05, 3.63) is 88.1 Å². The summed E-state index contributed by atoms with van der Waals surface area (Å²) in [6.07, 6.45) is 0. The summed E-state index contributed by atoms with van der Waals surface area (Å²) in [6, 6.07) is 21.9. The number of carbonyl (C=O) groups is 1. The lowest BCUT2D eigenvalue weighted by Crippen LogP contribution is -2.37. The number of amides is 1. The Morgan fingerprint density at radius 3 is 2.63 bits per heavy atom. The fourth-order valence-corrected chi connectivity index (χ4v) is 3.81. The molecule has 1 atom stereocenters. The Balaban J connectivity index is 1.64. The van der Waals surface area contributed by atoms with Crippen molar-refractivity contribution >= 4 is 17.2 Å². The van der Waals surface area contributed by atoms with Crippen LogP contribution >= 0.6 is 11.3 Å². The molecule has 5 heteroatoms. The second-order valence-electron chi connectivity index (χ2n) is 6.45. The first-order valence-electron chi connectivity index (χ1n) is 8.85. The van der Waals surface area contributed by atoms with Crippen molar-refractivity contribution in [1.82, 2.24) is 10.2 Å². The quantitative estimate of drug-likeness (QED) is 0.640. The molecule has 0 aliphatic carbocycles. The number of hydrogen-bond donors (Lipinski definition) is 1. The summed E-state index contributed by atoms with van der Waals surface area (Å²) in [5.41, 5.74) is 2.20. The summed E-state index contributed by atoms with van der Waals surface area (Å²) in [5, 5.41) is 5.21. The van der Waals surface area contributed by atoms with E-state index in [0.29, 0.717) is 13.1 Å². The Labute approximate surface area is 164 Å². The van der Waals surface area contributed by atoms with E-state index in [4.69, 9.17) is 4.74 Å². The van der Waals surface area contributed by atoms with Crippen LogP contribution in [0.4, 0.5) is 0 Å². The maximum absolute atomic E-state index is 12.7. The molecule has 0 saturated heterocycles. The molecular formula is C22H24N2O2S. The molecule has 0 spiro atoms. The molecule has 3 aromatic rings. The van der Waals surface area contributed by atoms with E-state index in [2.05, 4.69) is 11.4 Å². The summed E-state index contributed by atoms with van der Waals surface area (Å²) < 4.78 is 5.26. The van der Waals surface area contributed by atoms with Crippen LogP contribution in [0.5, 0.6) is 5.75 Å². The minimum atomic E-state index is -0.121. The van der Waals surface area contributed by atoms with Crippen LogP contribution in [0.1, 0.15) is 22.0 Å². The van der Waals surface area contributed by atoms with Gasteiger partial charge in [-0.3, -0.25) is 9.69 Å². The lowest BCUT2D eigenvalue weighted by Gasteiger charge is -2.21. The van der Waals surface area contributed by atoms with Crippen molar-refractivity contribution in [2.45, 2.75) is 12.6 Å². The molecule has 0 saturated carbocycles. The number of benzene rings is 2. The molecule has 0 aliphatic heterocycles. The highest BCUT2D eigenvalue weighted by Crippen LogP contribution is 2.25. The summed E-state index contributed by atoms with van der Waals surface area (Å²) in [5.74, 6) is 0.829. The molecule has 0 aliphatic rings. The number of ether oxygens (including phenoxy) is 1. The van der Waals surface area contributed by atoms with Crippen LogP contribution in [0.2, 0.25) is 0 Å². The predicted molar refractivity (Wildman–Crippen MR) is 110 cm³/mol. The minimum absolute atomic E-state index is 0.00245. The number of likely N-dealkylation sites (N-methyl/N-ethyl adjacent to an activating group) is 1. The zero-order chi connectivity index (χ0) is 19.1. The molecule has 1 N–H and O–H groups in total. The molecule has 4 nitrogen and oxygen atoms in total. The minimum Gasteiger partial charge on any atom is -0.497 e. The molecule has 0 radical (unpaired) electrons. The maximum Gasteiger partial charge on any atom is 0.234 e. The number of carbonyl (C=O) groups excluding carboxylic acids is 1. The largest absolute Gasteiger partial charge is 0.497 e. The summed E-state index contributed by atoms with van der Waals surface area (Å²) in [6.45, 7) is 1.01. The normalized spacial score (nSPS) is 12.0. The van der Waals surface area contributed by atoms with Gasteiger partial charge in [-0.2, -0.15) is 0 Å². The molecule has 1 amide bonds. The molecule has 0 fully saturated rings. The average Bonchev–Trinajstić information content (AvgIpc) is 3.21. The van der Waals surface area contributed by atoms with Crippen LogP contribution in [0, 0.1) is 0 Å². The van der Waals surface area contributed by atoms with E-state index in [9.17, 15) is 4.79 Å². The SMILES string of the molecule is COc1cccc(CN(C)CC(=O)N[C@H](c2ccccc2)c2cccs2)c1. The molecule has 0 bridgehead atoms. The number of rotatable bonds is 8. The van der Waals surface area contributed by atoms with Crippen molar-refractivity contribution in [1.29, 1.82) is 0 Å². The highest BCUT2D eigenvalue weighted by Gasteiger charge is 2.18. The van der Waals surface area contributed by atoms with Crippen LogP contribution in [-0.2, 0) is 11.3 Å². The lowest BCUT2D eigenvalue weighted by atomic mass is 10.1. The van der Waals surface area contributed by atoms with Gasteiger partial charge in [-0.25, -0.2) is 0 Å². The van der Waals surface area contributed by atoms with Gasteiger partial charge in [0.05, 0.1) is 19.7 Å². The first-order valence-corrected chi connectivity index (χ1v) is 9.73. The highest BCUT2D eigenvalue weighted by atomic mass is 32.1. The van der Waals surface area contributed by atoms with Crippen molar-refractivity contribution < 1.29 is 9.53 Å². The van der Waals surface area contributed by atoms with E-state index in [1.165, 1.54) is 0 Å². The average molecular weight is 381 g/mol. The highest BCUT2D eigenvalue weighted by molar-refractivity contribution is 7.10. The standard InChI is InChI=1S/C22H24N2O2S/c1-24(15-17-8-6-11-19(14-17)26-2)16-21(25)23-22(20-12-7-13-27-20)18-9-4-3-5-10-18/h3-14,22H,15-16H2,1-2H3,(H,23,25)/t22-/m1/s1. The van der Waals surface area contributed by atoms with E-state index in [-0.39, 0.29) is 11.9 Å². The van der Waals surface area contributed by atoms with Crippen LogP contribution in [0.15, 0.2) is 72.1 Å². The van der Waals surface area contributed by atoms with Gasteiger partial charge in [0, 0.05) is 11.4 Å². The van der Waals surface area contributed by atoms with Gasteiger partial charge in [0.1, 0.15) is 5.75 Å². The second-order valence-corrected chi connectivity index (χ2v) is 7.43. The number of thiophene rings is 1. The molecule has 2 aromatic carbocycles. The van der Waals surface area contributed by atoms with Crippen molar-refractivity contribution in [3.63, 3.8) is 0 Å². The van der Waals surface area contributed by atoms with Crippen LogP contribution in [-0.4, -0.2) is 31.5 Å². The molecule has 0 unspecified atom stereocenters. The Hall–Kier alpha value is -2.63. The molecule has 1 heterocycles. The van der Waals surface area contributed by atoms with Gasteiger partial charge in [-0.1, -0.05) is 48.5 Å². The fraction of sp³-hybridized carbons (Fsp3) is 0.227. The Morgan fingerprint density at radius 2 is 1.93 bits per heavy atom. The van der Waals surface area contributed by atoms with Gasteiger partial charge < -0.3 is 10.1 Å². The second kappa shape index (κ2) is 9.35. The smallest absolute Gasteiger partial charge is 0.234 e. The van der Waals surface area contributed by atoms with Gasteiger partial charge in [-0.15, -0.1) is 11.3 Å². The Morgan fingerprint density at radius 1 is 1.11 bits per heavy atom. The third-order valence-electron chi connectivity index (χ3n) is 4.27. The Kier molecular flexibility index (Phi) is 6.63. The fourth-order valence-electron chi connectivity index (χ4n) is 3.01. The third kappa shape index (κ3) is 5.42. The summed E-state index contributed by atoms with van der Waals surface area (Å²) in [4.78, 5) is 15.8. The van der Waals surface area contributed by atoms with E-state index in [1.807, 2.05) is 78.0 Å². The van der Waals surface area contributed by atoms with Crippen LogP contribution in [0.3, 0.4) is 0 Å². The first kappa shape index (κ1) is 19.1. The molecular weight excluding hydrogens is 356 g/mol. The zero-order valence-corrected chi connectivity index (χ0v) is 16.4. The van der Waals surface area contributed by atoms with E-state index in [1.54, 1.807) is 18.4 Å². The lowest BCUT2D eigenvalue weighted by molar-refractivity contribution is -0.122. The number of nitrogens with one attached hydrogen (secondary N) is 1. The van der Waals surface area contributed by atoms with Gasteiger partial charge in [0.15, 0.2) is 0 Å². The number of nitrogens with zero attached hydrogens (tertiary/aromatic N) is 1. The number of hydrogen-bond acceptors (Lipinski definition) is 4.